The van der Waals surface area contributed by atoms with Gasteiger partial charge in [-0.15, -0.1) is 0 Å². The van der Waals surface area contributed by atoms with Crippen molar-refractivity contribution < 1.29 is 42.1 Å². The van der Waals surface area contributed by atoms with Crippen LogP contribution in [0.1, 0.15) is 168 Å². The molecular weight excluding hydrogens is 701 g/mol. The molecule has 54 heavy (non-hydrogen) atoms. The van der Waals surface area contributed by atoms with Crippen molar-refractivity contribution in [3.8, 4) is 0 Å². The maximum atomic E-state index is 12.6. The van der Waals surface area contributed by atoms with E-state index in [0.29, 0.717) is 23.9 Å². The monoisotopic (exact) mass is 782 g/mol. The van der Waals surface area contributed by atoms with Gasteiger partial charge in [-0.1, -0.05) is 152 Å². The van der Waals surface area contributed by atoms with Crippen molar-refractivity contribution in [2.45, 2.75) is 174 Å². The van der Waals surface area contributed by atoms with Gasteiger partial charge < -0.3 is 27.9 Å². The summed E-state index contributed by atoms with van der Waals surface area (Å²) in [6.07, 6.45) is 41.4. The molecule has 0 aliphatic heterocycles. The molecule has 0 rings (SSSR count). The van der Waals surface area contributed by atoms with Gasteiger partial charge in [0.1, 0.15) is 19.8 Å². The van der Waals surface area contributed by atoms with Gasteiger partial charge in [-0.05, 0) is 51.4 Å². The van der Waals surface area contributed by atoms with E-state index in [1.165, 1.54) is 83.5 Å². The third-order valence-corrected chi connectivity index (χ3v) is 9.82. The molecule has 0 spiro atoms. The first-order valence-electron chi connectivity index (χ1n) is 21.3. The summed E-state index contributed by atoms with van der Waals surface area (Å²) in [7, 11) is 1.13. The van der Waals surface area contributed by atoms with Crippen molar-refractivity contribution in [1.29, 1.82) is 0 Å². The summed E-state index contributed by atoms with van der Waals surface area (Å²) in [6.45, 7) is 4.13. The quantitative estimate of drug-likeness (QED) is 0.0200. The molecule has 0 aliphatic rings. The summed E-state index contributed by atoms with van der Waals surface area (Å²) in [5, 5.41) is 0. The van der Waals surface area contributed by atoms with Gasteiger partial charge in [0.25, 0.3) is 7.82 Å². The Labute approximate surface area is 331 Å². The maximum absolute atomic E-state index is 12.6. The van der Waals surface area contributed by atoms with Crippen molar-refractivity contribution in [2.75, 3.05) is 47.5 Å². The fourth-order valence-electron chi connectivity index (χ4n) is 5.47. The molecule has 0 aromatic carbocycles. The third-order valence-electron chi connectivity index (χ3n) is 8.85. The average molecular weight is 782 g/mol. The minimum absolute atomic E-state index is 0.0395. The Hall–Kier alpha value is -2.03. The van der Waals surface area contributed by atoms with Crippen LogP contribution < -0.4 is 4.89 Å². The normalized spacial score (nSPS) is 14.1. The number of unbranched alkanes of at least 4 members (excludes halogenated alkanes) is 16. The van der Waals surface area contributed by atoms with E-state index < -0.39 is 32.5 Å². The fraction of sp³-hybridized carbons (Fsp3) is 0.773. The van der Waals surface area contributed by atoms with Crippen molar-refractivity contribution in [2.24, 2.45) is 0 Å². The van der Waals surface area contributed by atoms with E-state index in [0.717, 1.165) is 44.9 Å². The Balaban J connectivity index is 4.47. The van der Waals surface area contributed by atoms with Crippen molar-refractivity contribution in [3.63, 3.8) is 0 Å². The summed E-state index contributed by atoms with van der Waals surface area (Å²) in [4.78, 5) is 37.4. The van der Waals surface area contributed by atoms with Crippen molar-refractivity contribution >= 4 is 19.8 Å². The predicted molar refractivity (Wildman–Crippen MR) is 222 cm³/mol. The smallest absolute Gasteiger partial charge is 0.306 e. The zero-order chi connectivity index (χ0) is 40.0. The lowest BCUT2D eigenvalue weighted by Crippen LogP contribution is -2.37. The molecule has 0 radical (unpaired) electrons. The number of rotatable bonds is 38. The number of esters is 2. The van der Waals surface area contributed by atoms with Crippen LogP contribution in [0, 0.1) is 0 Å². The molecule has 2 atom stereocenters. The topological polar surface area (TPSA) is 111 Å². The van der Waals surface area contributed by atoms with Crippen LogP contribution in [-0.4, -0.2) is 70.0 Å². The molecule has 10 heteroatoms. The number of nitrogens with zero attached hydrogens (tertiary/aromatic N) is 1. The fourth-order valence-corrected chi connectivity index (χ4v) is 6.20. The van der Waals surface area contributed by atoms with Gasteiger partial charge in [-0.25, -0.2) is 0 Å². The largest absolute Gasteiger partial charge is 0.756 e. The molecule has 0 heterocycles. The Bertz CT molecular complexity index is 1070. The van der Waals surface area contributed by atoms with Crippen LogP contribution >= 0.6 is 7.82 Å². The SMILES string of the molecule is CCCCCC=CCC=CCC=CCC=CCCCC(=O)OCC(COP(=O)([O-])OCC[N+](C)(C)C)OC(=O)CCCCCCCCCCCCCCC. The van der Waals surface area contributed by atoms with Gasteiger partial charge >= 0.3 is 11.9 Å². The van der Waals surface area contributed by atoms with E-state index in [1.54, 1.807) is 0 Å². The molecule has 0 aromatic rings. The number of ether oxygens (including phenoxy) is 2. The standard InChI is InChI=1S/C44H80NO8P/c1-6-8-10-12-14-16-18-20-21-22-23-25-26-28-30-32-34-36-43(46)50-40-42(41-52-54(48,49)51-39-38-45(3,4)5)53-44(47)37-35-33-31-29-27-24-19-17-15-13-11-9-7-2/h14,16,20-21,23,25,28,30,42H,6-13,15,17-19,22,24,26-27,29,31-41H2,1-5H3. The molecule has 2 unspecified atom stereocenters. The highest BCUT2D eigenvalue weighted by molar-refractivity contribution is 7.45. The molecule has 0 fully saturated rings. The number of phosphoric ester groups is 1. The Morgan fingerprint density at radius 2 is 1.02 bits per heavy atom. The molecule has 0 aromatic heterocycles. The molecule has 0 amide bonds. The lowest BCUT2D eigenvalue weighted by atomic mass is 10.0. The zero-order valence-electron chi connectivity index (χ0n) is 35.2. The summed E-state index contributed by atoms with van der Waals surface area (Å²) in [6, 6.07) is 0. The van der Waals surface area contributed by atoms with E-state index in [-0.39, 0.29) is 26.1 Å². The third kappa shape index (κ3) is 39.7. The van der Waals surface area contributed by atoms with Gasteiger partial charge in [-0.2, -0.15) is 0 Å². The van der Waals surface area contributed by atoms with Gasteiger partial charge in [0.15, 0.2) is 6.10 Å². The lowest BCUT2D eigenvalue weighted by Gasteiger charge is -2.28. The number of carbonyl (C=O) groups is 2. The molecule has 314 valence electrons. The highest BCUT2D eigenvalue weighted by Crippen LogP contribution is 2.38. The van der Waals surface area contributed by atoms with E-state index in [2.05, 4.69) is 62.5 Å². The van der Waals surface area contributed by atoms with Gasteiger partial charge in [0.2, 0.25) is 0 Å². The Morgan fingerprint density at radius 3 is 1.54 bits per heavy atom. The van der Waals surface area contributed by atoms with Gasteiger partial charge in [0.05, 0.1) is 27.7 Å². The van der Waals surface area contributed by atoms with E-state index >= 15 is 0 Å². The zero-order valence-corrected chi connectivity index (χ0v) is 36.0. The number of hydrogen-bond donors (Lipinski definition) is 0. The first-order valence-corrected chi connectivity index (χ1v) is 22.8. The second-order valence-corrected chi connectivity index (χ2v) is 16.8. The minimum atomic E-state index is -4.63. The van der Waals surface area contributed by atoms with Crippen LogP contribution in [0.15, 0.2) is 48.6 Å². The van der Waals surface area contributed by atoms with Crippen LogP contribution in [0.5, 0.6) is 0 Å². The summed E-state index contributed by atoms with van der Waals surface area (Å²) >= 11 is 0. The van der Waals surface area contributed by atoms with E-state index in [9.17, 15) is 19.0 Å². The maximum Gasteiger partial charge on any atom is 0.306 e. The van der Waals surface area contributed by atoms with Crippen molar-refractivity contribution in [3.05, 3.63) is 48.6 Å². The Morgan fingerprint density at radius 1 is 0.574 bits per heavy atom. The molecule has 0 saturated heterocycles. The van der Waals surface area contributed by atoms with Crippen molar-refractivity contribution in [1.82, 2.24) is 0 Å². The number of likely N-dealkylation sites (N-methyl/N-ethyl adjacent to an activating group) is 1. The second-order valence-electron chi connectivity index (χ2n) is 15.4. The molecule has 0 N–H and O–H groups in total. The first kappa shape index (κ1) is 52.0. The predicted octanol–water partition coefficient (Wildman–Crippen LogP) is 11.3. The van der Waals surface area contributed by atoms with E-state index in [1.807, 2.05) is 21.1 Å². The molecule has 0 saturated carbocycles. The molecule has 0 aliphatic carbocycles. The summed E-state index contributed by atoms with van der Waals surface area (Å²) in [5.41, 5.74) is 0. The molecular formula is C44H80NO8P. The van der Waals surface area contributed by atoms with Crippen LogP contribution in [0.3, 0.4) is 0 Å². The summed E-state index contributed by atoms with van der Waals surface area (Å²) in [5.74, 6) is -0.900. The molecule has 0 bridgehead atoms. The lowest BCUT2D eigenvalue weighted by molar-refractivity contribution is -0.870. The highest BCUT2D eigenvalue weighted by Gasteiger charge is 2.21. The highest BCUT2D eigenvalue weighted by atomic mass is 31.2. The van der Waals surface area contributed by atoms with Crippen LogP contribution in [-0.2, 0) is 32.7 Å². The molecule has 9 nitrogen and oxygen atoms in total. The van der Waals surface area contributed by atoms with Crippen LogP contribution in [0.25, 0.3) is 0 Å². The average Bonchev–Trinajstić information content (AvgIpc) is 3.12. The second kappa shape index (κ2) is 36.6. The number of allylic oxidation sites excluding steroid dienone is 8. The van der Waals surface area contributed by atoms with Crippen LogP contribution in [0.4, 0.5) is 0 Å². The van der Waals surface area contributed by atoms with Gasteiger partial charge in [0, 0.05) is 12.8 Å². The minimum Gasteiger partial charge on any atom is -0.756 e. The number of quaternary nitrogens is 1. The summed E-state index contributed by atoms with van der Waals surface area (Å²) < 4.78 is 33.8. The van der Waals surface area contributed by atoms with E-state index in [4.69, 9.17) is 18.5 Å². The number of hydrogen-bond acceptors (Lipinski definition) is 8. The number of carbonyl (C=O) groups excluding carboxylic acids is 2. The van der Waals surface area contributed by atoms with Gasteiger partial charge in [-0.3, -0.25) is 14.2 Å². The Kier molecular flexibility index (Phi) is 35.2. The number of phosphoric acid groups is 1. The van der Waals surface area contributed by atoms with Crippen LogP contribution in [0.2, 0.25) is 0 Å². The first-order chi connectivity index (χ1) is 26.0.